The Hall–Kier alpha value is -1.08. The molecule has 0 bridgehead atoms. The number of imidazole rings is 1. The van der Waals surface area contributed by atoms with Gasteiger partial charge < -0.3 is 10.3 Å². The summed E-state index contributed by atoms with van der Waals surface area (Å²) in [5, 5.41) is 3.43. The summed E-state index contributed by atoms with van der Waals surface area (Å²) in [4.78, 5) is 19.1. The summed E-state index contributed by atoms with van der Waals surface area (Å²) in [5.74, 6) is 0.553. The molecule has 94 valence electrons. The highest BCUT2D eigenvalue weighted by Gasteiger charge is 2.13. The minimum absolute atomic E-state index is 0.169. The number of nitrogens with zero attached hydrogens (tertiary/aromatic N) is 1. The Labute approximate surface area is 123 Å². The van der Waals surface area contributed by atoms with E-state index in [1.165, 1.54) is 0 Å². The number of aromatic nitrogens is 2. The summed E-state index contributed by atoms with van der Waals surface area (Å²) >= 11 is 8.11. The Kier molecular flexibility index (Phi) is 4.23. The predicted molar refractivity (Wildman–Crippen MR) is 78.6 cm³/mol. The molecule has 6 heteroatoms. The van der Waals surface area contributed by atoms with Crippen LogP contribution in [0.15, 0.2) is 30.6 Å². The maximum atomic E-state index is 12.0. The lowest BCUT2D eigenvalue weighted by atomic mass is 10.2. The third kappa shape index (κ3) is 3.02. The van der Waals surface area contributed by atoms with Crippen LogP contribution in [0.2, 0.25) is 5.02 Å². The van der Waals surface area contributed by atoms with Crippen LogP contribution in [0.3, 0.4) is 0 Å². The summed E-state index contributed by atoms with van der Waals surface area (Å²) in [6.07, 6.45) is 3.37. The molecule has 0 aliphatic rings. The average Bonchev–Trinajstić information content (AvgIpc) is 2.86. The normalized spacial score (nSPS) is 12.2. The lowest BCUT2D eigenvalue weighted by molar-refractivity contribution is 0.0938. The molecule has 0 saturated carbocycles. The first-order valence-corrected chi connectivity index (χ1v) is 6.79. The number of halogens is 2. The van der Waals surface area contributed by atoms with E-state index >= 15 is 0 Å². The molecule has 4 nitrogen and oxygen atoms in total. The van der Waals surface area contributed by atoms with Gasteiger partial charge in [0.25, 0.3) is 5.91 Å². The number of aromatic amines is 1. The van der Waals surface area contributed by atoms with Gasteiger partial charge in [-0.2, -0.15) is 0 Å². The van der Waals surface area contributed by atoms with Gasteiger partial charge in [0.2, 0.25) is 0 Å². The molecule has 1 amide bonds. The predicted octanol–water partition coefficient (Wildman–Crippen LogP) is 3.16. The zero-order chi connectivity index (χ0) is 13.1. The first-order valence-electron chi connectivity index (χ1n) is 5.33. The van der Waals surface area contributed by atoms with Crippen LogP contribution in [0.25, 0.3) is 0 Å². The van der Waals surface area contributed by atoms with Crippen molar-refractivity contribution < 1.29 is 4.79 Å². The number of H-pyrrole nitrogens is 1. The van der Waals surface area contributed by atoms with E-state index in [1.807, 2.05) is 13.0 Å². The standard InChI is InChI=1S/C12H11ClIN3O/c1-7(11-15-4-5-16-11)17-12(18)8-2-3-10(14)9(13)6-8/h2-7H,1H3,(H,15,16)(H,17,18). The van der Waals surface area contributed by atoms with Crippen LogP contribution in [0, 0.1) is 3.57 Å². The van der Waals surface area contributed by atoms with E-state index in [9.17, 15) is 4.79 Å². The fourth-order valence-corrected chi connectivity index (χ4v) is 2.02. The number of hydrogen-bond donors (Lipinski definition) is 2. The Balaban J connectivity index is 2.10. The fourth-order valence-electron chi connectivity index (χ4n) is 1.50. The van der Waals surface area contributed by atoms with Crippen LogP contribution < -0.4 is 5.32 Å². The maximum absolute atomic E-state index is 12.0. The summed E-state index contributed by atoms with van der Waals surface area (Å²) in [5.41, 5.74) is 0.541. The zero-order valence-electron chi connectivity index (χ0n) is 9.58. The molecule has 0 aliphatic carbocycles. The topological polar surface area (TPSA) is 57.8 Å². The molecule has 1 aromatic carbocycles. The maximum Gasteiger partial charge on any atom is 0.251 e. The van der Waals surface area contributed by atoms with Crippen molar-refractivity contribution in [3.05, 3.63) is 50.6 Å². The van der Waals surface area contributed by atoms with Crippen LogP contribution in [0.5, 0.6) is 0 Å². The summed E-state index contributed by atoms with van der Waals surface area (Å²) in [7, 11) is 0. The Bertz CT molecular complexity index is 556. The quantitative estimate of drug-likeness (QED) is 0.810. The number of nitrogens with one attached hydrogen (secondary N) is 2. The molecule has 2 aromatic rings. The van der Waals surface area contributed by atoms with Gasteiger partial charge in [-0.25, -0.2) is 4.98 Å². The van der Waals surface area contributed by atoms with E-state index in [1.54, 1.807) is 24.5 Å². The van der Waals surface area contributed by atoms with E-state index in [0.29, 0.717) is 10.6 Å². The number of carbonyl (C=O) groups excluding carboxylic acids is 1. The SMILES string of the molecule is CC(NC(=O)c1ccc(I)c(Cl)c1)c1ncc[nH]1. The number of rotatable bonds is 3. The lowest BCUT2D eigenvalue weighted by Crippen LogP contribution is -2.27. The van der Waals surface area contributed by atoms with Gasteiger partial charge in [-0.15, -0.1) is 0 Å². The van der Waals surface area contributed by atoms with Crippen molar-refractivity contribution >= 4 is 40.1 Å². The largest absolute Gasteiger partial charge is 0.347 e. The molecule has 0 radical (unpaired) electrons. The second kappa shape index (κ2) is 5.71. The molecular weight excluding hydrogens is 365 g/mol. The van der Waals surface area contributed by atoms with Gasteiger partial charge in [0.15, 0.2) is 0 Å². The molecule has 1 atom stereocenters. The second-order valence-corrected chi connectivity index (χ2v) is 5.37. The number of hydrogen-bond acceptors (Lipinski definition) is 2. The fraction of sp³-hybridized carbons (Fsp3) is 0.167. The van der Waals surface area contributed by atoms with E-state index < -0.39 is 0 Å². The summed E-state index contributed by atoms with van der Waals surface area (Å²) in [6, 6.07) is 5.05. The van der Waals surface area contributed by atoms with Crippen molar-refractivity contribution in [1.29, 1.82) is 0 Å². The van der Waals surface area contributed by atoms with Crippen molar-refractivity contribution in [2.45, 2.75) is 13.0 Å². The van der Waals surface area contributed by atoms with Gasteiger partial charge in [-0.1, -0.05) is 11.6 Å². The van der Waals surface area contributed by atoms with Gasteiger partial charge in [0.1, 0.15) is 5.82 Å². The second-order valence-electron chi connectivity index (χ2n) is 3.80. The highest BCUT2D eigenvalue weighted by molar-refractivity contribution is 14.1. The first kappa shape index (κ1) is 13.4. The van der Waals surface area contributed by atoms with Crippen LogP contribution in [-0.2, 0) is 0 Å². The smallest absolute Gasteiger partial charge is 0.251 e. The van der Waals surface area contributed by atoms with Gasteiger partial charge in [0, 0.05) is 21.5 Å². The molecule has 2 N–H and O–H groups in total. The molecule has 18 heavy (non-hydrogen) atoms. The zero-order valence-corrected chi connectivity index (χ0v) is 12.5. The van der Waals surface area contributed by atoms with E-state index in [0.717, 1.165) is 9.39 Å². The minimum atomic E-state index is -0.175. The van der Waals surface area contributed by atoms with E-state index in [-0.39, 0.29) is 11.9 Å². The molecule has 0 fully saturated rings. The van der Waals surface area contributed by atoms with Crippen molar-refractivity contribution in [2.75, 3.05) is 0 Å². The molecule has 1 heterocycles. The van der Waals surface area contributed by atoms with Crippen molar-refractivity contribution in [3.63, 3.8) is 0 Å². The van der Waals surface area contributed by atoms with E-state index in [4.69, 9.17) is 11.6 Å². The highest BCUT2D eigenvalue weighted by atomic mass is 127. The minimum Gasteiger partial charge on any atom is -0.347 e. The highest BCUT2D eigenvalue weighted by Crippen LogP contribution is 2.20. The molecular formula is C12H11ClIN3O. The van der Waals surface area contributed by atoms with E-state index in [2.05, 4.69) is 37.9 Å². The summed E-state index contributed by atoms with van der Waals surface area (Å²) < 4.78 is 0.921. The van der Waals surface area contributed by atoms with Crippen LogP contribution >= 0.6 is 34.2 Å². The lowest BCUT2D eigenvalue weighted by Gasteiger charge is -2.11. The van der Waals surface area contributed by atoms with Gasteiger partial charge in [-0.05, 0) is 47.7 Å². The number of amides is 1. The van der Waals surface area contributed by atoms with Gasteiger partial charge in [-0.3, -0.25) is 4.79 Å². The Morgan fingerprint density at radius 3 is 2.94 bits per heavy atom. The molecule has 0 spiro atoms. The van der Waals surface area contributed by atoms with Crippen LogP contribution in [-0.4, -0.2) is 15.9 Å². The Morgan fingerprint density at radius 1 is 1.56 bits per heavy atom. The third-order valence-electron chi connectivity index (χ3n) is 2.46. The molecule has 1 aromatic heterocycles. The molecule has 0 aliphatic heterocycles. The average molecular weight is 376 g/mol. The third-order valence-corrected chi connectivity index (χ3v) is 4.03. The number of benzene rings is 1. The molecule has 2 rings (SSSR count). The first-order chi connectivity index (χ1) is 8.58. The van der Waals surface area contributed by atoms with Gasteiger partial charge >= 0.3 is 0 Å². The van der Waals surface area contributed by atoms with Crippen molar-refractivity contribution in [3.8, 4) is 0 Å². The Morgan fingerprint density at radius 2 is 2.33 bits per heavy atom. The van der Waals surface area contributed by atoms with Crippen molar-refractivity contribution in [2.24, 2.45) is 0 Å². The van der Waals surface area contributed by atoms with Gasteiger partial charge in [0.05, 0.1) is 11.1 Å². The molecule has 0 saturated heterocycles. The molecule has 1 unspecified atom stereocenters. The number of carbonyl (C=O) groups is 1. The van der Waals surface area contributed by atoms with Crippen molar-refractivity contribution in [1.82, 2.24) is 15.3 Å². The van der Waals surface area contributed by atoms with Crippen LogP contribution in [0.4, 0.5) is 0 Å². The monoisotopic (exact) mass is 375 g/mol. The van der Waals surface area contributed by atoms with Crippen LogP contribution in [0.1, 0.15) is 29.1 Å². The summed E-state index contributed by atoms with van der Waals surface area (Å²) in [6.45, 7) is 1.87.